The fraction of sp³-hybridized carbons (Fsp3) is 0.0714. The Kier molecular flexibility index (Phi) is 2.11. The molecule has 0 aliphatic carbocycles. The van der Waals surface area contributed by atoms with Crippen molar-refractivity contribution in [3.05, 3.63) is 48.0 Å². The Morgan fingerprint density at radius 2 is 1.94 bits per heavy atom. The molecule has 3 nitrogen and oxygen atoms in total. The lowest BCUT2D eigenvalue weighted by Gasteiger charge is -1.95. The molecule has 1 aromatic heterocycles. The number of fused-ring (bicyclic) bond motifs is 1. The summed E-state index contributed by atoms with van der Waals surface area (Å²) in [4.78, 5) is 4.50. The van der Waals surface area contributed by atoms with E-state index >= 15 is 0 Å². The normalized spacial score (nSPS) is 10.9. The second-order valence-electron chi connectivity index (χ2n) is 4.07. The van der Waals surface area contributed by atoms with E-state index in [2.05, 4.69) is 4.98 Å². The molecule has 1 heterocycles. The topological polar surface area (TPSA) is 52.0 Å². The maximum Gasteiger partial charge on any atom is 0.227 e. The van der Waals surface area contributed by atoms with Gasteiger partial charge in [0.15, 0.2) is 5.58 Å². The maximum absolute atomic E-state index is 5.75. The third-order valence-corrected chi connectivity index (χ3v) is 2.75. The Hall–Kier alpha value is -2.29. The van der Waals surface area contributed by atoms with Crippen LogP contribution in [0.2, 0.25) is 0 Å². The summed E-state index contributed by atoms with van der Waals surface area (Å²) in [6.45, 7) is 2.02. The van der Waals surface area contributed by atoms with Crippen molar-refractivity contribution in [1.29, 1.82) is 0 Å². The second kappa shape index (κ2) is 3.63. The molecule has 84 valence electrons. The van der Waals surface area contributed by atoms with Gasteiger partial charge in [-0.15, -0.1) is 0 Å². The molecule has 3 heteroatoms. The van der Waals surface area contributed by atoms with Crippen LogP contribution in [0.25, 0.3) is 22.6 Å². The Balaban J connectivity index is 2.22. The van der Waals surface area contributed by atoms with Gasteiger partial charge in [0.2, 0.25) is 5.89 Å². The molecule has 2 N–H and O–H groups in total. The van der Waals surface area contributed by atoms with Crippen LogP contribution in [0.5, 0.6) is 0 Å². The van der Waals surface area contributed by atoms with Crippen LogP contribution in [-0.4, -0.2) is 4.98 Å². The third kappa shape index (κ3) is 1.65. The predicted octanol–water partition coefficient (Wildman–Crippen LogP) is 3.39. The van der Waals surface area contributed by atoms with Crippen molar-refractivity contribution in [2.45, 2.75) is 6.92 Å². The summed E-state index contributed by atoms with van der Waals surface area (Å²) >= 11 is 0. The molecule has 2 aromatic carbocycles. The lowest BCUT2D eigenvalue weighted by atomic mass is 10.2. The van der Waals surface area contributed by atoms with Crippen LogP contribution in [0.15, 0.2) is 46.9 Å². The molecule has 0 amide bonds. The van der Waals surface area contributed by atoms with Crippen LogP contribution in [0.4, 0.5) is 5.69 Å². The van der Waals surface area contributed by atoms with Gasteiger partial charge in [-0.1, -0.05) is 18.2 Å². The minimum Gasteiger partial charge on any atom is -0.436 e. The molecule has 3 rings (SSSR count). The number of benzene rings is 2. The molecule has 0 spiro atoms. The van der Waals surface area contributed by atoms with Crippen molar-refractivity contribution in [3.8, 4) is 11.5 Å². The first-order chi connectivity index (χ1) is 8.24. The number of nitrogens with two attached hydrogens (primary N) is 1. The van der Waals surface area contributed by atoms with Gasteiger partial charge in [0.25, 0.3) is 0 Å². The number of rotatable bonds is 1. The molecule has 0 saturated heterocycles. The van der Waals surface area contributed by atoms with Gasteiger partial charge in [-0.25, -0.2) is 4.98 Å². The van der Waals surface area contributed by atoms with E-state index in [1.54, 1.807) is 0 Å². The predicted molar refractivity (Wildman–Crippen MR) is 68.6 cm³/mol. The molecular formula is C14H12N2O. The fourth-order valence-corrected chi connectivity index (χ4v) is 1.88. The fourth-order valence-electron chi connectivity index (χ4n) is 1.88. The van der Waals surface area contributed by atoms with Crippen molar-refractivity contribution in [2.24, 2.45) is 0 Å². The van der Waals surface area contributed by atoms with Crippen molar-refractivity contribution >= 4 is 16.8 Å². The summed E-state index contributed by atoms with van der Waals surface area (Å²) in [6.07, 6.45) is 0. The Labute approximate surface area is 98.9 Å². The average molecular weight is 224 g/mol. The number of hydrogen-bond donors (Lipinski definition) is 1. The highest BCUT2D eigenvalue weighted by molar-refractivity contribution is 5.79. The SMILES string of the molecule is Cc1cccc2oc(-c3cccc(N)c3)nc12. The standard InChI is InChI=1S/C14H12N2O/c1-9-4-2-7-12-13(9)16-14(17-12)10-5-3-6-11(15)8-10/h2-8H,15H2,1H3. The largest absolute Gasteiger partial charge is 0.436 e. The van der Waals surface area contributed by atoms with E-state index in [0.29, 0.717) is 11.6 Å². The quantitative estimate of drug-likeness (QED) is 0.644. The van der Waals surface area contributed by atoms with E-state index in [9.17, 15) is 0 Å². The van der Waals surface area contributed by atoms with Crippen molar-refractivity contribution < 1.29 is 4.42 Å². The molecular weight excluding hydrogens is 212 g/mol. The zero-order valence-electron chi connectivity index (χ0n) is 9.47. The van der Waals surface area contributed by atoms with Gasteiger partial charge >= 0.3 is 0 Å². The van der Waals surface area contributed by atoms with Crippen LogP contribution in [0.3, 0.4) is 0 Å². The second-order valence-corrected chi connectivity index (χ2v) is 4.07. The van der Waals surface area contributed by atoms with Crippen LogP contribution < -0.4 is 5.73 Å². The van der Waals surface area contributed by atoms with E-state index in [4.69, 9.17) is 10.2 Å². The van der Waals surface area contributed by atoms with Gasteiger partial charge in [0.05, 0.1) is 0 Å². The van der Waals surface area contributed by atoms with E-state index in [-0.39, 0.29) is 0 Å². The van der Waals surface area contributed by atoms with Crippen LogP contribution in [0, 0.1) is 6.92 Å². The maximum atomic E-state index is 5.75. The van der Waals surface area contributed by atoms with E-state index < -0.39 is 0 Å². The lowest BCUT2D eigenvalue weighted by Crippen LogP contribution is -1.84. The summed E-state index contributed by atoms with van der Waals surface area (Å²) in [5.41, 5.74) is 10.2. The summed E-state index contributed by atoms with van der Waals surface area (Å²) in [6, 6.07) is 13.4. The molecule has 17 heavy (non-hydrogen) atoms. The van der Waals surface area contributed by atoms with E-state index in [0.717, 1.165) is 22.2 Å². The number of aryl methyl sites for hydroxylation is 1. The highest BCUT2D eigenvalue weighted by Gasteiger charge is 2.09. The summed E-state index contributed by atoms with van der Waals surface area (Å²) in [5, 5.41) is 0. The van der Waals surface area contributed by atoms with Gasteiger partial charge in [0.1, 0.15) is 5.52 Å². The first-order valence-electron chi connectivity index (χ1n) is 5.46. The average Bonchev–Trinajstić information content (AvgIpc) is 2.74. The summed E-state index contributed by atoms with van der Waals surface area (Å²) in [5.74, 6) is 0.613. The molecule has 0 fully saturated rings. The summed E-state index contributed by atoms with van der Waals surface area (Å²) < 4.78 is 5.72. The Morgan fingerprint density at radius 3 is 2.71 bits per heavy atom. The molecule has 0 saturated carbocycles. The van der Waals surface area contributed by atoms with Gasteiger partial charge < -0.3 is 10.2 Å². The van der Waals surface area contributed by atoms with E-state index in [1.807, 2.05) is 49.4 Å². The van der Waals surface area contributed by atoms with Crippen LogP contribution in [-0.2, 0) is 0 Å². The lowest BCUT2D eigenvalue weighted by molar-refractivity contribution is 0.620. The first-order valence-corrected chi connectivity index (χ1v) is 5.46. The molecule has 0 atom stereocenters. The van der Waals surface area contributed by atoms with Crippen LogP contribution in [0.1, 0.15) is 5.56 Å². The van der Waals surface area contributed by atoms with Gasteiger partial charge in [-0.05, 0) is 36.8 Å². The number of anilines is 1. The number of nitrogens with zero attached hydrogens (tertiary/aromatic N) is 1. The summed E-state index contributed by atoms with van der Waals surface area (Å²) in [7, 11) is 0. The number of hydrogen-bond acceptors (Lipinski definition) is 3. The monoisotopic (exact) mass is 224 g/mol. The van der Waals surface area contributed by atoms with Crippen LogP contribution >= 0.6 is 0 Å². The van der Waals surface area contributed by atoms with Gasteiger partial charge in [-0.3, -0.25) is 0 Å². The minimum atomic E-state index is 0.613. The van der Waals surface area contributed by atoms with Crippen molar-refractivity contribution in [2.75, 3.05) is 5.73 Å². The van der Waals surface area contributed by atoms with Gasteiger partial charge in [-0.2, -0.15) is 0 Å². The molecule has 0 aliphatic heterocycles. The molecule has 0 unspecified atom stereocenters. The number of nitrogen functional groups attached to an aromatic ring is 1. The number of para-hydroxylation sites is 1. The Morgan fingerprint density at radius 1 is 1.12 bits per heavy atom. The van der Waals surface area contributed by atoms with Crippen molar-refractivity contribution in [3.63, 3.8) is 0 Å². The number of aromatic nitrogens is 1. The van der Waals surface area contributed by atoms with Gasteiger partial charge in [0, 0.05) is 11.3 Å². The smallest absolute Gasteiger partial charge is 0.227 e. The Bertz CT molecular complexity index is 686. The third-order valence-electron chi connectivity index (χ3n) is 2.75. The molecule has 0 bridgehead atoms. The molecule has 3 aromatic rings. The highest BCUT2D eigenvalue weighted by Crippen LogP contribution is 2.26. The number of oxazole rings is 1. The van der Waals surface area contributed by atoms with Crippen molar-refractivity contribution in [1.82, 2.24) is 4.98 Å². The minimum absolute atomic E-state index is 0.613. The zero-order valence-corrected chi connectivity index (χ0v) is 9.47. The molecule has 0 radical (unpaired) electrons. The molecule has 0 aliphatic rings. The zero-order chi connectivity index (χ0) is 11.8. The highest BCUT2D eigenvalue weighted by atomic mass is 16.3. The first kappa shape index (κ1) is 9.90. The van der Waals surface area contributed by atoms with E-state index in [1.165, 1.54) is 0 Å².